The number of rotatable bonds is 3. The molecule has 0 aliphatic carbocycles. The molecule has 0 aromatic rings. The number of ether oxygens (including phenoxy) is 1. The Kier molecular flexibility index (Phi) is 3.58. The predicted molar refractivity (Wildman–Crippen MR) is 44.7 cm³/mol. The smallest absolute Gasteiger partial charge is 0.321 e. The number of carbonyl (C=O) groups is 2. The summed E-state index contributed by atoms with van der Waals surface area (Å²) in [6, 6.07) is 0. The Morgan fingerprint density at radius 3 is 2.27 bits per heavy atom. The second-order valence-corrected chi connectivity index (χ2v) is 3.63. The van der Waals surface area contributed by atoms with E-state index >= 15 is 0 Å². The molecule has 0 aromatic carbocycles. The summed E-state index contributed by atoms with van der Waals surface area (Å²) >= 11 is 4.01. The van der Waals surface area contributed by atoms with Crippen molar-refractivity contribution in [3.8, 4) is 0 Å². The molecule has 0 radical (unpaired) electrons. The lowest BCUT2D eigenvalue weighted by atomic mass is 10.1. The van der Waals surface area contributed by atoms with Crippen LogP contribution in [0.3, 0.4) is 0 Å². The van der Waals surface area contributed by atoms with Crippen molar-refractivity contribution < 1.29 is 14.3 Å². The first-order valence-corrected chi connectivity index (χ1v) is 3.65. The molecule has 0 aliphatic rings. The van der Waals surface area contributed by atoms with Crippen LogP contribution in [0.4, 0.5) is 0 Å². The van der Waals surface area contributed by atoms with Crippen molar-refractivity contribution in [1.29, 1.82) is 0 Å². The van der Waals surface area contributed by atoms with Crippen LogP contribution in [0.1, 0.15) is 20.3 Å². The van der Waals surface area contributed by atoms with Gasteiger partial charge < -0.3 is 4.74 Å². The Morgan fingerprint density at radius 1 is 1.55 bits per heavy atom. The molecule has 4 heteroatoms. The molecule has 0 aliphatic heterocycles. The van der Waals surface area contributed by atoms with Gasteiger partial charge in [0.1, 0.15) is 10.5 Å². The third-order valence-corrected chi connectivity index (χ3v) is 1.56. The third kappa shape index (κ3) is 3.41. The standard InChI is InChI=1S/C7H12O3S/c1-5(8)4-7(2,11)6(9)10-3/h11H,4H2,1-3H3. The van der Waals surface area contributed by atoms with Gasteiger partial charge in [0.15, 0.2) is 0 Å². The number of esters is 1. The van der Waals surface area contributed by atoms with Gasteiger partial charge in [0.25, 0.3) is 0 Å². The normalized spacial score (nSPS) is 15.3. The number of hydrogen-bond acceptors (Lipinski definition) is 4. The van der Waals surface area contributed by atoms with Crippen molar-refractivity contribution >= 4 is 24.4 Å². The summed E-state index contributed by atoms with van der Waals surface area (Å²) in [6.45, 7) is 2.97. The van der Waals surface area contributed by atoms with Crippen molar-refractivity contribution in [1.82, 2.24) is 0 Å². The van der Waals surface area contributed by atoms with E-state index < -0.39 is 10.7 Å². The molecule has 0 saturated heterocycles. The maximum absolute atomic E-state index is 10.9. The highest BCUT2D eigenvalue weighted by Gasteiger charge is 2.31. The fourth-order valence-corrected chi connectivity index (χ4v) is 1.09. The molecular weight excluding hydrogens is 164 g/mol. The van der Waals surface area contributed by atoms with E-state index in [9.17, 15) is 9.59 Å². The van der Waals surface area contributed by atoms with Crippen LogP contribution in [0, 0.1) is 0 Å². The fourth-order valence-electron chi connectivity index (χ4n) is 0.777. The van der Waals surface area contributed by atoms with Crippen molar-refractivity contribution in [2.45, 2.75) is 25.0 Å². The van der Waals surface area contributed by atoms with E-state index in [0.29, 0.717) is 0 Å². The molecule has 0 amide bonds. The zero-order valence-corrected chi connectivity index (χ0v) is 7.77. The maximum Gasteiger partial charge on any atom is 0.321 e. The van der Waals surface area contributed by atoms with E-state index in [1.807, 2.05) is 0 Å². The van der Waals surface area contributed by atoms with E-state index in [1.165, 1.54) is 14.0 Å². The number of Topliss-reactive ketones (excluding diaryl/α,β-unsaturated/α-hetero) is 1. The summed E-state index contributed by atoms with van der Waals surface area (Å²) < 4.78 is 3.46. The summed E-state index contributed by atoms with van der Waals surface area (Å²) in [7, 11) is 1.27. The molecule has 3 nitrogen and oxygen atoms in total. The van der Waals surface area contributed by atoms with Gasteiger partial charge in [0, 0.05) is 6.42 Å². The topological polar surface area (TPSA) is 43.4 Å². The van der Waals surface area contributed by atoms with Gasteiger partial charge >= 0.3 is 5.97 Å². The van der Waals surface area contributed by atoms with Crippen LogP contribution >= 0.6 is 12.6 Å². The van der Waals surface area contributed by atoms with Gasteiger partial charge in [0.2, 0.25) is 0 Å². The Labute approximate surface area is 71.5 Å². The molecule has 0 saturated carbocycles. The van der Waals surface area contributed by atoms with Crippen LogP contribution < -0.4 is 0 Å². The second-order valence-electron chi connectivity index (χ2n) is 2.64. The summed E-state index contributed by atoms with van der Waals surface area (Å²) in [4.78, 5) is 21.5. The number of methoxy groups -OCH3 is 1. The molecule has 0 N–H and O–H groups in total. The number of thiol groups is 1. The monoisotopic (exact) mass is 176 g/mol. The highest BCUT2D eigenvalue weighted by Crippen LogP contribution is 2.20. The lowest BCUT2D eigenvalue weighted by Crippen LogP contribution is -2.32. The molecule has 0 bridgehead atoms. The van der Waals surface area contributed by atoms with Crippen LogP contribution in [-0.2, 0) is 14.3 Å². The second kappa shape index (κ2) is 3.76. The molecule has 0 aromatic heterocycles. The molecule has 64 valence electrons. The lowest BCUT2D eigenvalue weighted by molar-refractivity contribution is -0.144. The van der Waals surface area contributed by atoms with Crippen molar-refractivity contribution in [2.75, 3.05) is 7.11 Å². The van der Waals surface area contributed by atoms with Gasteiger partial charge in [0.05, 0.1) is 7.11 Å². The maximum atomic E-state index is 10.9. The van der Waals surface area contributed by atoms with Crippen molar-refractivity contribution in [3.63, 3.8) is 0 Å². The zero-order valence-electron chi connectivity index (χ0n) is 6.88. The van der Waals surface area contributed by atoms with Crippen LogP contribution in [0.5, 0.6) is 0 Å². The quantitative estimate of drug-likeness (QED) is 0.511. The molecule has 0 spiro atoms. The van der Waals surface area contributed by atoms with E-state index in [1.54, 1.807) is 6.92 Å². The molecule has 0 heterocycles. The number of hydrogen-bond donors (Lipinski definition) is 1. The highest BCUT2D eigenvalue weighted by atomic mass is 32.1. The van der Waals surface area contributed by atoms with Gasteiger partial charge in [-0.05, 0) is 13.8 Å². The van der Waals surface area contributed by atoms with Gasteiger partial charge in [-0.3, -0.25) is 9.59 Å². The molecule has 0 rings (SSSR count). The molecule has 11 heavy (non-hydrogen) atoms. The third-order valence-electron chi connectivity index (χ3n) is 1.22. The van der Waals surface area contributed by atoms with Crippen LogP contribution in [0.2, 0.25) is 0 Å². The van der Waals surface area contributed by atoms with Crippen LogP contribution in [0.25, 0.3) is 0 Å². The highest BCUT2D eigenvalue weighted by molar-refractivity contribution is 7.82. The average molecular weight is 176 g/mol. The van der Waals surface area contributed by atoms with E-state index in [-0.39, 0.29) is 12.2 Å². The Bertz CT molecular complexity index is 175. The summed E-state index contributed by atoms with van der Waals surface area (Å²) in [6.07, 6.45) is 0.1000. The van der Waals surface area contributed by atoms with E-state index in [0.717, 1.165) is 0 Å². The van der Waals surface area contributed by atoms with Gasteiger partial charge in [-0.1, -0.05) is 0 Å². The molecule has 1 atom stereocenters. The zero-order chi connectivity index (χ0) is 9.07. The van der Waals surface area contributed by atoms with Gasteiger partial charge in [-0.2, -0.15) is 12.6 Å². The lowest BCUT2D eigenvalue weighted by Gasteiger charge is -2.17. The first kappa shape index (κ1) is 10.5. The Morgan fingerprint density at radius 2 is 2.00 bits per heavy atom. The Hall–Kier alpha value is -0.510. The SMILES string of the molecule is COC(=O)C(C)(S)CC(C)=O. The largest absolute Gasteiger partial charge is 0.468 e. The van der Waals surface area contributed by atoms with Crippen molar-refractivity contribution in [2.24, 2.45) is 0 Å². The van der Waals surface area contributed by atoms with E-state index in [2.05, 4.69) is 17.4 Å². The predicted octanol–water partition coefficient (Wildman–Crippen LogP) is 0.827. The van der Waals surface area contributed by atoms with E-state index in [4.69, 9.17) is 0 Å². The first-order chi connectivity index (χ1) is 4.90. The fraction of sp³-hybridized carbons (Fsp3) is 0.714. The Balaban J connectivity index is 4.21. The van der Waals surface area contributed by atoms with Gasteiger partial charge in [-0.25, -0.2) is 0 Å². The molecule has 0 fully saturated rings. The molecule has 1 unspecified atom stereocenters. The number of carbonyl (C=O) groups excluding carboxylic acids is 2. The summed E-state index contributed by atoms with van der Waals surface area (Å²) in [5, 5.41) is 0. The average Bonchev–Trinajstić information content (AvgIpc) is 1.83. The summed E-state index contributed by atoms with van der Waals surface area (Å²) in [5.41, 5.74) is 0. The van der Waals surface area contributed by atoms with Gasteiger partial charge in [-0.15, -0.1) is 0 Å². The van der Waals surface area contributed by atoms with Crippen LogP contribution in [-0.4, -0.2) is 23.6 Å². The molecular formula is C7H12O3S. The minimum atomic E-state index is -0.986. The van der Waals surface area contributed by atoms with Crippen molar-refractivity contribution in [3.05, 3.63) is 0 Å². The number of ketones is 1. The minimum absolute atomic E-state index is 0.0760. The first-order valence-electron chi connectivity index (χ1n) is 3.20. The van der Waals surface area contributed by atoms with Crippen LogP contribution in [0.15, 0.2) is 0 Å². The summed E-state index contributed by atoms with van der Waals surface area (Å²) in [5.74, 6) is -0.552. The minimum Gasteiger partial charge on any atom is -0.468 e.